The van der Waals surface area contributed by atoms with Gasteiger partial charge in [0.2, 0.25) is 0 Å². The lowest BCUT2D eigenvalue weighted by molar-refractivity contribution is 0.305. The van der Waals surface area contributed by atoms with Crippen LogP contribution >= 0.6 is 12.2 Å². The van der Waals surface area contributed by atoms with E-state index in [-0.39, 0.29) is 10.4 Å². The second kappa shape index (κ2) is 6.22. The predicted octanol–water partition coefficient (Wildman–Crippen LogP) is 3.59. The summed E-state index contributed by atoms with van der Waals surface area (Å²) in [6.07, 6.45) is 1.68. The number of hydrogen-bond donors (Lipinski definition) is 1. The van der Waals surface area contributed by atoms with Gasteiger partial charge in [-0.1, -0.05) is 51.2 Å². The first-order valence-corrected chi connectivity index (χ1v) is 7.26. The molecule has 0 aliphatic carbocycles. The number of aromatic nitrogens is 1. The monoisotopic (exact) mass is 300 g/mol. The van der Waals surface area contributed by atoms with Crippen LogP contribution in [0.3, 0.4) is 0 Å². The smallest absolute Gasteiger partial charge is 0.123 e. The van der Waals surface area contributed by atoms with Crippen LogP contribution in [0.2, 0.25) is 0 Å². The molecule has 2 N–H and O–H groups in total. The number of pyridine rings is 1. The Kier molecular flexibility index (Phi) is 4.58. The van der Waals surface area contributed by atoms with Crippen LogP contribution in [0.1, 0.15) is 37.6 Å². The lowest BCUT2D eigenvalue weighted by Gasteiger charge is -2.19. The summed E-state index contributed by atoms with van der Waals surface area (Å²) in [7, 11) is 0. The van der Waals surface area contributed by atoms with Crippen LogP contribution in [0.15, 0.2) is 42.6 Å². The van der Waals surface area contributed by atoms with Crippen LogP contribution in [0.4, 0.5) is 0 Å². The van der Waals surface area contributed by atoms with Crippen molar-refractivity contribution in [1.82, 2.24) is 4.98 Å². The van der Waals surface area contributed by atoms with Crippen LogP contribution in [0, 0.1) is 0 Å². The molecular formula is C17H20N2OS. The number of hydrogen-bond acceptors (Lipinski definition) is 3. The highest BCUT2D eigenvalue weighted by atomic mass is 32.1. The molecule has 0 aliphatic rings. The van der Waals surface area contributed by atoms with Gasteiger partial charge in [-0.2, -0.15) is 0 Å². The molecule has 110 valence electrons. The zero-order valence-electron chi connectivity index (χ0n) is 12.6. The number of thiocarbonyl (C=S) groups is 1. The summed E-state index contributed by atoms with van der Waals surface area (Å²) >= 11 is 5.00. The fourth-order valence-electron chi connectivity index (χ4n) is 1.99. The lowest BCUT2D eigenvalue weighted by Crippen LogP contribution is -2.15. The maximum atomic E-state index is 5.80. The van der Waals surface area contributed by atoms with E-state index in [2.05, 4.69) is 37.9 Å². The fourth-order valence-corrected chi connectivity index (χ4v) is 2.17. The van der Waals surface area contributed by atoms with Gasteiger partial charge in [0.05, 0.1) is 0 Å². The summed E-state index contributed by atoms with van der Waals surface area (Å²) in [6.45, 7) is 6.96. The van der Waals surface area contributed by atoms with Gasteiger partial charge in [-0.05, 0) is 29.2 Å². The van der Waals surface area contributed by atoms with Crippen molar-refractivity contribution in [1.29, 1.82) is 0 Å². The third-order valence-electron chi connectivity index (χ3n) is 3.24. The minimum Gasteiger partial charge on any atom is -0.489 e. The van der Waals surface area contributed by atoms with Crippen LogP contribution in [0.25, 0.3) is 0 Å². The third kappa shape index (κ3) is 4.02. The Morgan fingerprint density at radius 1 is 1.19 bits per heavy atom. The van der Waals surface area contributed by atoms with E-state index < -0.39 is 0 Å². The molecule has 2 aromatic rings. The van der Waals surface area contributed by atoms with Crippen molar-refractivity contribution >= 4 is 17.2 Å². The first-order valence-electron chi connectivity index (χ1n) is 6.85. The summed E-state index contributed by atoms with van der Waals surface area (Å²) in [5.41, 5.74) is 8.60. The van der Waals surface area contributed by atoms with Crippen LogP contribution < -0.4 is 10.5 Å². The molecule has 2 rings (SSSR count). The van der Waals surface area contributed by atoms with Gasteiger partial charge in [-0.15, -0.1) is 0 Å². The summed E-state index contributed by atoms with van der Waals surface area (Å²) in [5.74, 6) is 0.820. The first-order chi connectivity index (χ1) is 9.88. The highest BCUT2D eigenvalue weighted by molar-refractivity contribution is 7.80. The Balaban J connectivity index is 2.09. The van der Waals surface area contributed by atoms with Crippen LogP contribution in [-0.2, 0) is 12.0 Å². The van der Waals surface area contributed by atoms with Gasteiger partial charge in [0.25, 0.3) is 0 Å². The molecule has 21 heavy (non-hydrogen) atoms. The molecule has 0 saturated carbocycles. The summed E-state index contributed by atoms with van der Waals surface area (Å²) in [6, 6.07) is 11.9. The zero-order chi connectivity index (χ0) is 15.5. The van der Waals surface area contributed by atoms with Crippen LogP contribution in [0.5, 0.6) is 5.75 Å². The maximum absolute atomic E-state index is 5.80. The first kappa shape index (κ1) is 15.4. The van der Waals surface area contributed by atoms with Crippen molar-refractivity contribution in [2.75, 3.05) is 0 Å². The van der Waals surface area contributed by atoms with E-state index in [9.17, 15) is 0 Å². The Morgan fingerprint density at radius 3 is 2.43 bits per heavy atom. The van der Waals surface area contributed by atoms with Gasteiger partial charge in [0, 0.05) is 11.8 Å². The number of ether oxygens (including phenoxy) is 1. The summed E-state index contributed by atoms with van der Waals surface area (Å²) < 4.78 is 5.80. The van der Waals surface area contributed by atoms with E-state index in [1.165, 1.54) is 5.56 Å². The number of benzene rings is 1. The van der Waals surface area contributed by atoms with E-state index in [1.54, 1.807) is 6.20 Å². The Hall–Kier alpha value is -1.94. The molecule has 0 spiro atoms. The van der Waals surface area contributed by atoms with Crippen molar-refractivity contribution in [3.8, 4) is 5.75 Å². The number of nitrogens with zero attached hydrogens (tertiary/aromatic N) is 1. The number of nitrogens with two attached hydrogens (primary N) is 1. The highest BCUT2D eigenvalue weighted by Crippen LogP contribution is 2.24. The standard InChI is InChI=1S/C17H20N2OS/c1-17(2,3)13-6-8-14(9-7-13)20-11-12-5-4-10-19-15(12)16(18)21/h4-10H,11H2,1-3H3,(H2,18,21). The van der Waals surface area contributed by atoms with Gasteiger partial charge in [-0.25, -0.2) is 0 Å². The molecule has 4 heteroatoms. The molecule has 0 amide bonds. The Labute approximate surface area is 131 Å². The highest BCUT2D eigenvalue weighted by Gasteiger charge is 2.13. The molecule has 1 aromatic carbocycles. The molecule has 0 saturated heterocycles. The predicted molar refractivity (Wildman–Crippen MR) is 89.6 cm³/mol. The molecular weight excluding hydrogens is 280 g/mol. The van der Waals surface area contributed by atoms with Crippen molar-refractivity contribution in [2.24, 2.45) is 5.73 Å². The molecule has 0 aliphatic heterocycles. The van der Waals surface area contributed by atoms with E-state index >= 15 is 0 Å². The van der Waals surface area contributed by atoms with Crippen molar-refractivity contribution in [2.45, 2.75) is 32.8 Å². The topological polar surface area (TPSA) is 48.1 Å². The van der Waals surface area contributed by atoms with Crippen molar-refractivity contribution in [3.05, 3.63) is 59.4 Å². The van der Waals surface area contributed by atoms with Crippen molar-refractivity contribution < 1.29 is 4.74 Å². The van der Waals surface area contributed by atoms with E-state index in [4.69, 9.17) is 22.7 Å². The molecule has 0 atom stereocenters. The Morgan fingerprint density at radius 2 is 1.86 bits per heavy atom. The molecule has 0 unspecified atom stereocenters. The quantitative estimate of drug-likeness (QED) is 0.877. The average molecular weight is 300 g/mol. The van der Waals surface area contributed by atoms with Gasteiger partial charge in [-0.3, -0.25) is 4.98 Å². The summed E-state index contributed by atoms with van der Waals surface area (Å²) in [4.78, 5) is 4.48. The largest absolute Gasteiger partial charge is 0.489 e. The minimum absolute atomic E-state index is 0.140. The fraction of sp³-hybridized carbons (Fsp3) is 0.294. The van der Waals surface area contributed by atoms with E-state index in [1.807, 2.05) is 24.3 Å². The van der Waals surface area contributed by atoms with Gasteiger partial charge < -0.3 is 10.5 Å². The molecule has 0 bridgehead atoms. The molecule has 0 radical (unpaired) electrons. The van der Waals surface area contributed by atoms with Crippen molar-refractivity contribution in [3.63, 3.8) is 0 Å². The Bertz CT molecular complexity index is 630. The molecule has 1 aromatic heterocycles. The molecule has 1 heterocycles. The lowest BCUT2D eigenvalue weighted by atomic mass is 9.87. The summed E-state index contributed by atoms with van der Waals surface area (Å²) in [5, 5.41) is 0. The van der Waals surface area contributed by atoms with Gasteiger partial charge in [0.1, 0.15) is 23.0 Å². The average Bonchev–Trinajstić information content (AvgIpc) is 2.45. The zero-order valence-corrected chi connectivity index (χ0v) is 13.4. The second-order valence-corrected chi connectivity index (χ2v) is 6.38. The van der Waals surface area contributed by atoms with Gasteiger partial charge in [0.15, 0.2) is 0 Å². The minimum atomic E-state index is 0.140. The number of rotatable bonds is 4. The van der Waals surface area contributed by atoms with E-state index in [0.29, 0.717) is 12.3 Å². The second-order valence-electron chi connectivity index (χ2n) is 5.94. The SMILES string of the molecule is CC(C)(C)c1ccc(OCc2cccnc2C(N)=S)cc1. The molecule has 3 nitrogen and oxygen atoms in total. The third-order valence-corrected chi connectivity index (χ3v) is 3.43. The normalized spacial score (nSPS) is 11.2. The van der Waals surface area contributed by atoms with Gasteiger partial charge >= 0.3 is 0 Å². The maximum Gasteiger partial charge on any atom is 0.123 e. The van der Waals surface area contributed by atoms with Crippen LogP contribution in [-0.4, -0.2) is 9.97 Å². The van der Waals surface area contributed by atoms with E-state index in [0.717, 1.165) is 11.3 Å². The molecule has 0 fully saturated rings.